The second-order valence-corrected chi connectivity index (χ2v) is 9.04. The van der Waals surface area contributed by atoms with E-state index in [1.54, 1.807) is 42.6 Å². The number of ether oxygens (including phenoxy) is 1. The number of nitrogens with one attached hydrogen (secondary N) is 1. The standard InChI is InChI=1S/C18H20Cl2N2O3S/c19-14-3-1-13(2-4-14)12-26(23,24)22-16-6-8-17(9-7-16)25-18-10-5-15(20)11-21-18/h1-5,10-11,16-17,22H,6-9,12H2. The van der Waals surface area contributed by atoms with E-state index >= 15 is 0 Å². The van der Waals surface area contributed by atoms with E-state index in [4.69, 9.17) is 27.9 Å². The first-order chi connectivity index (χ1) is 12.4. The summed E-state index contributed by atoms with van der Waals surface area (Å²) in [7, 11) is -3.39. The predicted molar refractivity (Wildman–Crippen MR) is 103 cm³/mol. The normalized spacial score (nSPS) is 20.7. The van der Waals surface area contributed by atoms with Crippen LogP contribution in [0.25, 0.3) is 0 Å². The van der Waals surface area contributed by atoms with Gasteiger partial charge in [-0.15, -0.1) is 0 Å². The summed E-state index contributed by atoms with van der Waals surface area (Å²) < 4.78 is 33.4. The second kappa shape index (κ2) is 8.57. The molecule has 1 aliphatic carbocycles. The maximum atomic E-state index is 12.4. The molecule has 0 amide bonds. The quantitative estimate of drug-likeness (QED) is 0.768. The summed E-state index contributed by atoms with van der Waals surface area (Å²) in [5.74, 6) is 0.496. The second-order valence-electron chi connectivity index (χ2n) is 6.41. The summed E-state index contributed by atoms with van der Waals surface area (Å²) >= 11 is 11.6. The van der Waals surface area contributed by atoms with Gasteiger partial charge in [-0.25, -0.2) is 18.1 Å². The molecule has 1 heterocycles. The van der Waals surface area contributed by atoms with E-state index in [-0.39, 0.29) is 17.9 Å². The van der Waals surface area contributed by atoms with Crippen LogP contribution in [0, 0.1) is 0 Å². The molecule has 0 radical (unpaired) electrons. The molecule has 0 spiro atoms. The van der Waals surface area contributed by atoms with Crippen LogP contribution in [0.2, 0.25) is 10.0 Å². The highest BCUT2D eigenvalue weighted by molar-refractivity contribution is 7.88. The van der Waals surface area contributed by atoms with Crippen LogP contribution in [0.5, 0.6) is 5.88 Å². The molecule has 2 aromatic rings. The first kappa shape index (κ1) is 19.4. The minimum Gasteiger partial charge on any atom is -0.474 e. The molecule has 0 saturated heterocycles. The molecule has 1 saturated carbocycles. The van der Waals surface area contributed by atoms with Crippen LogP contribution in [-0.2, 0) is 15.8 Å². The average Bonchev–Trinajstić information content (AvgIpc) is 2.60. The lowest BCUT2D eigenvalue weighted by atomic mass is 9.94. The summed E-state index contributed by atoms with van der Waals surface area (Å²) in [6.07, 6.45) is 4.61. The molecule has 140 valence electrons. The van der Waals surface area contributed by atoms with Crippen molar-refractivity contribution in [1.82, 2.24) is 9.71 Å². The van der Waals surface area contributed by atoms with Crippen molar-refractivity contribution in [3.05, 3.63) is 58.2 Å². The van der Waals surface area contributed by atoms with Gasteiger partial charge in [0.2, 0.25) is 15.9 Å². The predicted octanol–water partition coefficient (Wildman–Crippen LogP) is 4.20. The van der Waals surface area contributed by atoms with Crippen LogP contribution in [-0.4, -0.2) is 25.5 Å². The van der Waals surface area contributed by atoms with Crippen molar-refractivity contribution in [3.8, 4) is 5.88 Å². The molecular formula is C18H20Cl2N2O3S. The van der Waals surface area contributed by atoms with Gasteiger partial charge in [-0.1, -0.05) is 35.3 Å². The van der Waals surface area contributed by atoms with Crippen molar-refractivity contribution in [2.75, 3.05) is 0 Å². The van der Waals surface area contributed by atoms with Gasteiger partial charge in [0.25, 0.3) is 0 Å². The van der Waals surface area contributed by atoms with Crippen LogP contribution in [0.1, 0.15) is 31.2 Å². The van der Waals surface area contributed by atoms with Crippen LogP contribution in [0.3, 0.4) is 0 Å². The van der Waals surface area contributed by atoms with Crippen LogP contribution in [0.15, 0.2) is 42.6 Å². The largest absolute Gasteiger partial charge is 0.474 e. The lowest BCUT2D eigenvalue weighted by Crippen LogP contribution is -2.40. The number of pyridine rings is 1. The molecule has 1 aromatic heterocycles. The first-order valence-corrected chi connectivity index (χ1v) is 10.8. The zero-order valence-electron chi connectivity index (χ0n) is 14.1. The van der Waals surface area contributed by atoms with Crippen molar-refractivity contribution in [2.45, 2.75) is 43.6 Å². The summed E-state index contributed by atoms with van der Waals surface area (Å²) in [5, 5.41) is 1.16. The number of aromatic nitrogens is 1. The van der Waals surface area contributed by atoms with Crippen molar-refractivity contribution in [2.24, 2.45) is 0 Å². The Morgan fingerprint density at radius 3 is 2.27 bits per heavy atom. The molecule has 5 nitrogen and oxygen atoms in total. The van der Waals surface area contributed by atoms with Crippen molar-refractivity contribution < 1.29 is 13.2 Å². The van der Waals surface area contributed by atoms with E-state index in [0.29, 0.717) is 21.5 Å². The maximum absolute atomic E-state index is 12.4. The topological polar surface area (TPSA) is 68.3 Å². The Morgan fingerprint density at radius 1 is 1.00 bits per heavy atom. The Balaban J connectivity index is 1.48. The molecule has 0 aliphatic heterocycles. The summed E-state index contributed by atoms with van der Waals surface area (Å²) in [6.45, 7) is 0. The smallest absolute Gasteiger partial charge is 0.216 e. The van der Waals surface area contributed by atoms with E-state index in [1.165, 1.54) is 0 Å². The molecule has 0 unspecified atom stereocenters. The van der Waals surface area contributed by atoms with E-state index < -0.39 is 10.0 Å². The SMILES string of the molecule is O=S(=O)(Cc1ccc(Cl)cc1)NC1CCC(Oc2ccc(Cl)cn2)CC1. The highest BCUT2D eigenvalue weighted by Gasteiger charge is 2.26. The molecule has 3 rings (SSSR count). The van der Waals surface area contributed by atoms with E-state index in [1.807, 2.05) is 0 Å². The number of rotatable bonds is 6. The monoisotopic (exact) mass is 414 g/mol. The zero-order valence-corrected chi connectivity index (χ0v) is 16.4. The van der Waals surface area contributed by atoms with Crippen LogP contribution >= 0.6 is 23.2 Å². The number of nitrogens with zero attached hydrogens (tertiary/aromatic N) is 1. The summed E-state index contributed by atoms with van der Waals surface area (Å²) in [4.78, 5) is 4.13. The molecule has 0 atom stereocenters. The average molecular weight is 415 g/mol. The zero-order chi connectivity index (χ0) is 18.6. The number of hydrogen-bond acceptors (Lipinski definition) is 4. The Bertz CT molecular complexity index is 819. The molecule has 0 bridgehead atoms. The van der Waals surface area contributed by atoms with Crippen LogP contribution in [0.4, 0.5) is 0 Å². The fourth-order valence-corrected chi connectivity index (χ4v) is 4.69. The van der Waals surface area contributed by atoms with Crippen molar-refractivity contribution in [3.63, 3.8) is 0 Å². The van der Waals surface area contributed by atoms with Crippen molar-refractivity contribution >= 4 is 33.2 Å². The number of sulfonamides is 1. The molecule has 8 heteroatoms. The van der Waals surface area contributed by atoms with E-state index in [9.17, 15) is 8.42 Å². The summed E-state index contributed by atoms with van der Waals surface area (Å²) in [5.41, 5.74) is 0.715. The van der Waals surface area contributed by atoms with Crippen molar-refractivity contribution in [1.29, 1.82) is 0 Å². The lowest BCUT2D eigenvalue weighted by molar-refractivity contribution is 0.138. The summed E-state index contributed by atoms with van der Waals surface area (Å²) in [6, 6.07) is 10.3. The molecular weight excluding hydrogens is 395 g/mol. The molecule has 1 N–H and O–H groups in total. The molecule has 1 aliphatic rings. The van der Waals surface area contributed by atoms with Gasteiger partial charge in [0.15, 0.2) is 0 Å². The van der Waals surface area contributed by atoms with E-state index in [0.717, 1.165) is 25.7 Å². The Morgan fingerprint density at radius 2 is 1.65 bits per heavy atom. The van der Waals surface area contributed by atoms with Gasteiger partial charge >= 0.3 is 0 Å². The fraction of sp³-hybridized carbons (Fsp3) is 0.389. The third-order valence-electron chi connectivity index (χ3n) is 4.28. The third kappa shape index (κ3) is 5.84. The Hall–Kier alpha value is -1.34. The minimum atomic E-state index is -3.39. The Labute approximate surface area is 163 Å². The van der Waals surface area contributed by atoms with Gasteiger partial charge in [0.05, 0.1) is 10.8 Å². The van der Waals surface area contributed by atoms with Gasteiger partial charge in [0, 0.05) is 23.3 Å². The van der Waals surface area contributed by atoms with Crippen LogP contribution < -0.4 is 9.46 Å². The van der Waals surface area contributed by atoms with Gasteiger partial charge < -0.3 is 4.74 Å². The lowest BCUT2D eigenvalue weighted by Gasteiger charge is -2.29. The third-order valence-corrected chi connectivity index (χ3v) is 6.16. The highest BCUT2D eigenvalue weighted by atomic mass is 35.5. The van der Waals surface area contributed by atoms with E-state index in [2.05, 4.69) is 9.71 Å². The molecule has 26 heavy (non-hydrogen) atoms. The number of halogens is 2. The molecule has 1 fully saturated rings. The van der Waals surface area contributed by atoms with Gasteiger partial charge in [-0.05, 0) is 49.4 Å². The number of benzene rings is 1. The van der Waals surface area contributed by atoms with Gasteiger partial charge in [0.1, 0.15) is 6.10 Å². The first-order valence-electron chi connectivity index (χ1n) is 8.42. The highest BCUT2D eigenvalue weighted by Crippen LogP contribution is 2.24. The minimum absolute atomic E-state index is 0.0423. The van der Waals surface area contributed by atoms with Gasteiger partial charge in [-0.2, -0.15) is 0 Å². The fourth-order valence-electron chi connectivity index (χ4n) is 3.00. The number of hydrogen-bond donors (Lipinski definition) is 1. The maximum Gasteiger partial charge on any atom is 0.216 e. The molecule has 1 aromatic carbocycles. The Kier molecular flexibility index (Phi) is 6.40. The van der Waals surface area contributed by atoms with Gasteiger partial charge in [-0.3, -0.25) is 0 Å².